The highest BCUT2D eigenvalue weighted by Gasteiger charge is 2.15. The van der Waals surface area contributed by atoms with Crippen LogP contribution in [0.4, 0.5) is 22.7 Å². The number of nitriles is 1. The van der Waals surface area contributed by atoms with Crippen molar-refractivity contribution in [3.05, 3.63) is 82.2 Å². The summed E-state index contributed by atoms with van der Waals surface area (Å²) >= 11 is 9.76. The van der Waals surface area contributed by atoms with Crippen LogP contribution in [-0.4, -0.2) is 17.0 Å². The molecule has 0 radical (unpaired) electrons. The Bertz CT molecular complexity index is 1240. The van der Waals surface area contributed by atoms with E-state index in [1.54, 1.807) is 24.7 Å². The lowest BCUT2D eigenvalue weighted by Gasteiger charge is -2.21. The van der Waals surface area contributed by atoms with Crippen molar-refractivity contribution in [2.75, 3.05) is 17.3 Å². The van der Waals surface area contributed by atoms with Gasteiger partial charge in [-0.2, -0.15) is 5.26 Å². The number of benzene rings is 2. The highest BCUT2D eigenvalue weighted by molar-refractivity contribution is 9.10. The normalized spacial score (nSPS) is 10.6. The van der Waals surface area contributed by atoms with Gasteiger partial charge < -0.3 is 10.2 Å². The van der Waals surface area contributed by atoms with Gasteiger partial charge in [-0.05, 0) is 58.4 Å². The molecule has 0 bridgehead atoms. The average Bonchev–Trinajstić information content (AvgIpc) is 2.74. The van der Waals surface area contributed by atoms with Crippen LogP contribution in [0.15, 0.2) is 71.6 Å². The van der Waals surface area contributed by atoms with Gasteiger partial charge in [-0.15, -0.1) is 0 Å². The number of nitrogens with zero attached hydrogens (tertiary/aromatic N) is 4. The van der Waals surface area contributed by atoms with E-state index in [4.69, 9.17) is 11.6 Å². The Morgan fingerprint density at radius 2 is 1.97 bits per heavy atom. The molecular formula is C22H15BrClN5. The average molecular weight is 465 g/mol. The number of aromatic nitrogens is 2. The number of hydrogen-bond donors (Lipinski definition) is 1. The molecule has 2 aromatic heterocycles. The van der Waals surface area contributed by atoms with Crippen molar-refractivity contribution >= 4 is 61.2 Å². The lowest BCUT2D eigenvalue weighted by atomic mass is 10.1. The van der Waals surface area contributed by atoms with Crippen LogP contribution < -0.4 is 10.2 Å². The van der Waals surface area contributed by atoms with Crippen molar-refractivity contribution in [2.24, 2.45) is 0 Å². The number of hydrogen-bond acceptors (Lipinski definition) is 5. The SMILES string of the molecule is CN(c1cccnc1)c1cc(Br)c2ncc(C#N)c(Nc3cccc(Cl)c3)c2c1. The van der Waals surface area contributed by atoms with E-state index >= 15 is 0 Å². The van der Waals surface area contributed by atoms with Gasteiger partial charge in [0.2, 0.25) is 0 Å². The van der Waals surface area contributed by atoms with Gasteiger partial charge >= 0.3 is 0 Å². The molecule has 4 aromatic rings. The number of rotatable bonds is 4. The molecule has 4 rings (SSSR count). The Hall–Kier alpha value is -3.14. The minimum Gasteiger partial charge on any atom is -0.354 e. The van der Waals surface area contributed by atoms with E-state index < -0.39 is 0 Å². The molecular weight excluding hydrogens is 450 g/mol. The monoisotopic (exact) mass is 463 g/mol. The first-order valence-corrected chi connectivity index (χ1v) is 9.92. The predicted octanol–water partition coefficient (Wildman–Crippen LogP) is 6.43. The quantitative estimate of drug-likeness (QED) is 0.377. The molecule has 0 fully saturated rings. The van der Waals surface area contributed by atoms with Gasteiger partial charge in [-0.25, -0.2) is 0 Å². The van der Waals surface area contributed by atoms with E-state index in [0.29, 0.717) is 16.3 Å². The van der Waals surface area contributed by atoms with Crippen molar-refractivity contribution in [2.45, 2.75) is 0 Å². The largest absolute Gasteiger partial charge is 0.354 e. The summed E-state index contributed by atoms with van der Waals surface area (Å²) in [7, 11) is 1.97. The second kappa shape index (κ2) is 8.08. The maximum absolute atomic E-state index is 9.65. The molecule has 5 nitrogen and oxygen atoms in total. The van der Waals surface area contributed by atoms with Crippen LogP contribution in [0.2, 0.25) is 5.02 Å². The standard InChI is InChI=1S/C22H15BrClN5/c1-29(17-6-3-7-26-13-17)18-9-19-21(28-16-5-2-4-15(24)8-16)14(11-25)12-27-22(19)20(23)10-18/h2-10,12-13H,1H3,(H,27,28). The Labute approximate surface area is 181 Å². The van der Waals surface area contributed by atoms with Crippen LogP contribution in [-0.2, 0) is 0 Å². The van der Waals surface area contributed by atoms with Crippen molar-refractivity contribution in [3.63, 3.8) is 0 Å². The number of nitrogens with one attached hydrogen (secondary N) is 1. The molecule has 0 aliphatic rings. The minimum absolute atomic E-state index is 0.450. The fourth-order valence-electron chi connectivity index (χ4n) is 3.07. The van der Waals surface area contributed by atoms with Gasteiger partial charge in [-0.1, -0.05) is 17.7 Å². The summed E-state index contributed by atoms with van der Waals surface area (Å²) in [5.41, 5.74) is 4.57. The highest BCUT2D eigenvalue weighted by Crippen LogP contribution is 2.37. The van der Waals surface area contributed by atoms with Crippen LogP contribution in [0.25, 0.3) is 10.9 Å². The van der Waals surface area contributed by atoms with Crippen molar-refractivity contribution in [1.29, 1.82) is 5.26 Å². The first-order chi connectivity index (χ1) is 14.1. The van der Waals surface area contributed by atoms with Gasteiger partial charge in [0.15, 0.2) is 0 Å². The van der Waals surface area contributed by atoms with E-state index in [2.05, 4.69) is 37.3 Å². The van der Waals surface area contributed by atoms with Gasteiger partial charge in [0, 0.05) is 45.7 Å². The van der Waals surface area contributed by atoms with Crippen LogP contribution in [0.1, 0.15) is 5.56 Å². The van der Waals surface area contributed by atoms with Crippen LogP contribution in [0.3, 0.4) is 0 Å². The lowest BCUT2D eigenvalue weighted by molar-refractivity contribution is 1.17. The summed E-state index contributed by atoms with van der Waals surface area (Å²) in [6.45, 7) is 0. The fraction of sp³-hybridized carbons (Fsp3) is 0.0455. The Kier molecular flexibility index (Phi) is 5.34. The van der Waals surface area contributed by atoms with Crippen molar-refractivity contribution < 1.29 is 0 Å². The molecule has 1 N–H and O–H groups in total. The Morgan fingerprint density at radius 1 is 1.10 bits per heavy atom. The minimum atomic E-state index is 0.450. The third-order valence-electron chi connectivity index (χ3n) is 4.54. The van der Waals surface area contributed by atoms with Crippen LogP contribution in [0, 0.1) is 11.3 Å². The fourth-order valence-corrected chi connectivity index (χ4v) is 3.81. The summed E-state index contributed by atoms with van der Waals surface area (Å²) in [6, 6.07) is 17.5. The number of halogens is 2. The molecule has 0 saturated heterocycles. The molecule has 0 atom stereocenters. The molecule has 0 spiro atoms. The summed E-state index contributed by atoms with van der Waals surface area (Å²) < 4.78 is 0.833. The zero-order valence-corrected chi connectivity index (χ0v) is 17.7. The lowest BCUT2D eigenvalue weighted by Crippen LogP contribution is -2.10. The van der Waals surface area contributed by atoms with E-state index in [9.17, 15) is 5.26 Å². The number of pyridine rings is 2. The molecule has 2 heterocycles. The van der Waals surface area contributed by atoms with Crippen LogP contribution in [0.5, 0.6) is 0 Å². The Morgan fingerprint density at radius 3 is 2.69 bits per heavy atom. The second-order valence-electron chi connectivity index (χ2n) is 6.39. The molecule has 0 unspecified atom stereocenters. The predicted molar refractivity (Wildman–Crippen MR) is 121 cm³/mol. The van der Waals surface area contributed by atoms with Crippen LogP contribution >= 0.6 is 27.5 Å². The summed E-state index contributed by atoms with van der Waals surface area (Å²) in [5.74, 6) is 0. The van der Waals surface area contributed by atoms with E-state index in [0.717, 1.165) is 32.4 Å². The van der Waals surface area contributed by atoms with E-state index in [-0.39, 0.29) is 0 Å². The number of fused-ring (bicyclic) bond motifs is 1. The zero-order chi connectivity index (χ0) is 20.4. The molecule has 0 amide bonds. The van der Waals surface area contributed by atoms with Gasteiger partial charge in [0.1, 0.15) is 6.07 Å². The summed E-state index contributed by atoms with van der Waals surface area (Å²) in [6.07, 6.45) is 5.11. The van der Waals surface area contributed by atoms with Gasteiger partial charge in [0.05, 0.1) is 28.7 Å². The molecule has 142 valence electrons. The van der Waals surface area contributed by atoms with Gasteiger partial charge in [0.25, 0.3) is 0 Å². The molecule has 2 aromatic carbocycles. The molecule has 7 heteroatoms. The zero-order valence-electron chi connectivity index (χ0n) is 15.4. The maximum Gasteiger partial charge on any atom is 0.103 e. The van der Waals surface area contributed by atoms with E-state index in [1.807, 2.05) is 54.4 Å². The molecule has 0 aliphatic carbocycles. The third-order valence-corrected chi connectivity index (χ3v) is 5.38. The smallest absolute Gasteiger partial charge is 0.103 e. The third kappa shape index (κ3) is 3.88. The summed E-state index contributed by atoms with van der Waals surface area (Å²) in [5, 5.41) is 14.4. The number of anilines is 4. The topological polar surface area (TPSA) is 64.8 Å². The Balaban J connectivity index is 1.89. The van der Waals surface area contributed by atoms with Crippen molar-refractivity contribution in [3.8, 4) is 6.07 Å². The maximum atomic E-state index is 9.65. The molecule has 0 saturated carbocycles. The molecule has 0 aliphatic heterocycles. The second-order valence-corrected chi connectivity index (χ2v) is 7.68. The highest BCUT2D eigenvalue weighted by atomic mass is 79.9. The summed E-state index contributed by atoms with van der Waals surface area (Å²) in [4.78, 5) is 10.7. The molecule has 29 heavy (non-hydrogen) atoms. The van der Waals surface area contributed by atoms with Gasteiger partial charge in [-0.3, -0.25) is 9.97 Å². The van der Waals surface area contributed by atoms with Crippen molar-refractivity contribution in [1.82, 2.24) is 9.97 Å². The first kappa shape index (κ1) is 19.2. The van der Waals surface area contributed by atoms with E-state index in [1.165, 1.54) is 0 Å². The first-order valence-electron chi connectivity index (χ1n) is 8.75.